The van der Waals surface area contributed by atoms with Crippen LogP contribution in [0.1, 0.15) is 64.0 Å². The van der Waals surface area contributed by atoms with Crippen LogP contribution in [0.2, 0.25) is 0 Å². The molecule has 3 saturated carbocycles. The first kappa shape index (κ1) is 16.8. The number of amides is 1. The summed E-state index contributed by atoms with van der Waals surface area (Å²) in [6.45, 7) is 5.59. The van der Waals surface area contributed by atoms with Crippen molar-refractivity contribution in [2.24, 2.45) is 28.6 Å². The highest BCUT2D eigenvalue weighted by Gasteiger charge is 2.68. The first-order valence-corrected chi connectivity index (χ1v) is 10.5. The number of ether oxygens (including phenoxy) is 1. The highest BCUT2D eigenvalue weighted by atomic mass is 16.5. The average Bonchev–Trinajstić information content (AvgIpc) is 3.07. The smallest absolute Gasteiger partial charge is 0.223 e. The van der Waals surface area contributed by atoms with Crippen LogP contribution in [0.25, 0.3) is 0 Å². The highest BCUT2D eigenvalue weighted by molar-refractivity contribution is 5.80. The molecule has 1 saturated heterocycles. The Morgan fingerprint density at radius 2 is 1.96 bits per heavy atom. The molecular formula is C23H31NO2. The van der Waals surface area contributed by atoms with E-state index in [2.05, 4.69) is 49.5 Å². The predicted octanol–water partition coefficient (Wildman–Crippen LogP) is 4.49. The molecule has 2 bridgehead atoms. The summed E-state index contributed by atoms with van der Waals surface area (Å²) in [6, 6.07) is 11.0. The molecule has 3 aliphatic carbocycles. The van der Waals surface area contributed by atoms with Crippen LogP contribution < -0.4 is 5.32 Å². The van der Waals surface area contributed by atoms with Gasteiger partial charge in [0.1, 0.15) is 0 Å². The van der Waals surface area contributed by atoms with Crippen molar-refractivity contribution in [2.75, 3.05) is 6.61 Å². The van der Waals surface area contributed by atoms with Gasteiger partial charge >= 0.3 is 0 Å². The van der Waals surface area contributed by atoms with Gasteiger partial charge in [0.05, 0.1) is 6.10 Å². The number of fused-ring (bicyclic) bond motifs is 1. The monoisotopic (exact) mass is 353 g/mol. The molecule has 26 heavy (non-hydrogen) atoms. The van der Waals surface area contributed by atoms with Crippen molar-refractivity contribution in [2.45, 2.75) is 64.5 Å². The maximum absolute atomic E-state index is 12.8. The Hall–Kier alpha value is -1.35. The fraction of sp³-hybridized carbons (Fsp3) is 0.696. The SMILES string of the molecule is CC1(C)[C@@H]2C[C@@H]3[C@@H](c4ccccc4)OCCC3(C2)[C@H]1NC(=O)C1CCC1. The highest BCUT2D eigenvalue weighted by Crippen LogP contribution is 2.70. The summed E-state index contributed by atoms with van der Waals surface area (Å²) in [5, 5.41) is 3.57. The lowest BCUT2D eigenvalue weighted by Crippen LogP contribution is -2.60. The molecule has 1 spiro atoms. The van der Waals surface area contributed by atoms with Crippen molar-refractivity contribution >= 4 is 5.91 Å². The van der Waals surface area contributed by atoms with E-state index in [1.165, 1.54) is 24.8 Å². The van der Waals surface area contributed by atoms with Gasteiger partial charge in [0.25, 0.3) is 0 Å². The minimum atomic E-state index is 0.189. The molecule has 4 fully saturated rings. The predicted molar refractivity (Wildman–Crippen MR) is 101 cm³/mol. The van der Waals surface area contributed by atoms with Gasteiger partial charge in [-0.1, -0.05) is 50.6 Å². The Morgan fingerprint density at radius 1 is 1.19 bits per heavy atom. The van der Waals surface area contributed by atoms with Gasteiger partial charge in [0, 0.05) is 18.6 Å². The first-order valence-electron chi connectivity index (χ1n) is 10.5. The van der Waals surface area contributed by atoms with Crippen LogP contribution in [0, 0.1) is 28.6 Å². The zero-order valence-electron chi connectivity index (χ0n) is 16.0. The van der Waals surface area contributed by atoms with Gasteiger partial charge in [-0.3, -0.25) is 4.79 Å². The topological polar surface area (TPSA) is 38.3 Å². The Kier molecular flexibility index (Phi) is 3.76. The van der Waals surface area contributed by atoms with Crippen molar-refractivity contribution < 1.29 is 9.53 Å². The lowest BCUT2D eigenvalue weighted by molar-refractivity contribution is -0.141. The number of carbonyl (C=O) groups excluding carboxylic acids is 1. The van der Waals surface area contributed by atoms with Gasteiger partial charge in [0.2, 0.25) is 5.91 Å². The summed E-state index contributed by atoms with van der Waals surface area (Å²) in [6.07, 6.45) is 7.15. The Balaban J connectivity index is 1.47. The molecule has 1 aliphatic heterocycles. The van der Waals surface area contributed by atoms with Crippen molar-refractivity contribution in [3.63, 3.8) is 0 Å². The summed E-state index contributed by atoms with van der Waals surface area (Å²) in [4.78, 5) is 12.8. The fourth-order valence-electron chi connectivity index (χ4n) is 6.69. The number of nitrogens with one attached hydrogen (secondary N) is 1. The zero-order valence-corrected chi connectivity index (χ0v) is 16.0. The number of benzene rings is 1. The Labute approximate surface area is 156 Å². The third-order valence-corrected chi connectivity index (χ3v) is 8.40. The van der Waals surface area contributed by atoms with Gasteiger partial charge in [-0.2, -0.15) is 0 Å². The lowest BCUT2D eigenvalue weighted by Gasteiger charge is -2.53. The van der Waals surface area contributed by atoms with Gasteiger partial charge in [-0.15, -0.1) is 0 Å². The summed E-state index contributed by atoms with van der Waals surface area (Å²) in [7, 11) is 0. The zero-order chi connectivity index (χ0) is 17.9. The third-order valence-electron chi connectivity index (χ3n) is 8.40. The van der Waals surface area contributed by atoms with E-state index in [0.717, 1.165) is 25.9 Å². The molecule has 1 aromatic carbocycles. The minimum absolute atomic E-state index is 0.189. The molecule has 1 heterocycles. The Bertz CT molecular complexity index is 695. The Morgan fingerprint density at radius 3 is 2.65 bits per heavy atom. The molecule has 140 valence electrons. The van der Waals surface area contributed by atoms with E-state index in [0.29, 0.717) is 23.8 Å². The molecule has 1 unspecified atom stereocenters. The minimum Gasteiger partial charge on any atom is -0.373 e. The maximum Gasteiger partial charge on any atom is 0.223 e. The molecule has 5 rings (SSSR count). The molecule has 1 amide bonds. The van der Waals surface area contributed by atoms with Crippen LogP contribution >= 0.6 is 0 Å². The second kappa shape index (κ2) is 5.82. The second-order valence-electron chi connectivity index (χ2n) is 9.82. The van der Waals surface area contributed by atoms with Crippen molar-refractivity contribution in [1.29, 1.82) is 0 Å². The standard InChI is InChI=1S/C23H31NO2/c1-22(2)17-13-18-19(15-7-4-3-5-8-15)26-12-11-23(18,14-17)21(22)24-20(25)16-9-6-10-16/h3-5,7-8,16-19,21H,6,9-14H2,1-2H3,(H,24,25)/t17-,18-,19-,21+,23?/m1/s1. The van der Waals surface area contributed by atoms with Crippen LogP contribution in [0.5, 0.6) is 0 Å². The molecule has 0 aromatic heterocycles. The van der Waals surface area contributed by atoms with Crippen LogP contribution in [0.15, 0.2) is 30.3 Å². The molecule has 3 heteroatoms. The molecule has 1 N–H and O–H groups in total. The number of rotatable bonds is 3. The van der Waals surface area contributed by atoms with E-state index in [1.54, 1.807) is 0 Å². The molecule has 0 radical (unpaired) electrons. The number of hydrogen-bond acceptors (Lipinski definition) is 2. The molecular weight excluding hydrogens is 322 g/mol. The summed E-state index contributed by atoms with van der Waals surface area (Å²) >= 11 is 0. The third kappa shape index (κ3) is 2.25. The maximum atomic E-state index is 12.8. The van der Waals surface area contributed by atoms with Gasteiger partial charge in [0.15, 0.2) is 0 Å². The fourth-order valence-corrected chi connectivity index (χ4v) is 6.69. The second-order valence-corrected chi connectivity index (χ2v) is 9.82. The summed E-state index contributed by atoms with van der Waals surface area (Å²) in [5.41, 5.74) is 1.71. The summed E-state index contributed by atoms with van der Waals surface area (Å²) < 4.78 is 6.31. The first-order chi connectivity index (χ1) is 12.5. The molecule has 3 nitrogen and oxygen atoms in total. The van der Waals surface area contributed by atoms with Crippen LogP contribution in [-0.2, 0) is 9.53 Å². The molecule has 5 atom stereocenters. The number of hydrogen-bond donors (Lipinski definition) is 1. The van der Waals surface area contributed by atoms with Gasteiger partial charge in [-0.25, -0.2) is 0 Å². The van der Waals surface area contributed by atoms with Gasteiger partial charge < -0.3 is 10.1 Å². The van der Waals surface area contributed by atoms with E-state index < -0.39 is 0 Å². The van der Waals surface area contributed by atoms with E-state index in [4.69, 9.17) is 4.74 Å². The van der Waals surface area contributed by atoms with E-state index in [-0.39, 0.29) is 22.9 Å². The van der Waals surface area contributed by atoms with Crippen molar-refractivity contribution in [3.05, 3.63) is 35.9 Å². The van der Waals surface area contributed by atoms with E-state index in [1.807, 2.05) is 0 Å². The quantitative estimate of drug-likeness (QED) is 0.870. The van der Waals surface area contributed by atoms with E-state index >= 15 is 0 Å². The van der Waals surface area contributed by atoms with Crippen molar-refractivity contribution in [1.82, 2.24) is 5.32 Å². The van der Waals surface area contributed by atoms with Crippen molar-refractivity contribution in [3.8, 4) is 0 Å². The normalized spacial score (nSPS) is 40.7. The molecule has 1 aromatic rings. The van der Waals surface area contributed by atoms with Crippen LogP contribution in [-0.4, -0.2) is 18.6 Å². The van der Waals surface area contributed by atoms with Gasteiger partial charge in [-0.05, 0) is 60.3 Å². The lowest BCUT2D eigenvalue weighted by atomic mass is 9.58. The average molecular weight is 354 g/mol. The van der Waals surface area contributed by atoms with E-state index in [9.17, 15) is 4.79 Å². The number of carbonyl (C=O) groups is 1. The molecule has 4 aliphatic rings. The van der Waals surface area contributed by atoms with Crippen LogP contribution in [0.3, 0.4) is 0 Å². The summed E-state index contributed by atoms with van der Waals surface area (Å²) in [5.74, 6) is 1.80. The van der Waals surface area contributed by atoms with Crippen LogP contribution in [0.4, 0.5) is 0 Å². The largest absolute Gasteiger partial charge is 0.373 e.